The van der Waals surface area contributed by atoms with Crippen LogP contribution in [0.5, 0.6) is 11.5 Å². The van der Waals surface area contributed by atoms with E-state index in [-0.39, 0.29) is 16.8 Å². The molecule has 1 aromatic heterocycles. The monoisotopic (exact) mass is 439 g/mol. The summed E-state index contributed by atoms with van der Waals surface area (Å²) in [6.45, 7) is 7.42. The number of benzene rings is 3. The fourth-order valence-corrected chi connectivity index (χ4v) is 4.15. The zero-order valence-electron chi connectivity index (χ0n) is 19.0. The Morgan fingerprint density at radius 1 is 0.879 bits per heavy atom. The Balaban J connectivity index is 1.71. The van der Waals surface area contributed by atoms with Gasteiger partial charge in [0.2, 0.25) is 5.43 Å². The third kappa shape index (κ3) is 3.91. The standard InChI is InChI=1S/C28H25NO4/c1-17-4-7-20(8-5-17)15-29-16-23(27(30)21-9-6-18(2)19(3)12-21)28(31)22-13-25-26(14-24(22)29)33-11-10-32-25/h4-9,12-14,16H,10-11,15H2,1-3H3. The highest BCUT2D eigenvalue weighted by molar-refractivity contribution is 6.10. The van der Waals surface area contributed by atoms with E-state index in [1.54, 1.807) is 18.3 Å². The number of carbonyl (C=O) groups excluding carboxylic acids is 1. The van der Waals surface area contributed by atoms with Gasteiger partial charge in [-0.15, -0.1) is 0 Å². The summed E-state index contributed by atoms with van der Waals surface area (Å²) in [5, 5.41) is 0.445. The fraction of sp³-hybridized carbons (Fsp3) is 0.214. The molecule has 2 heterocycles. The van der Waals surface area contributed by atoms with E-state index in [1.807, 2.05) is 43.5 Å². The van der Waals surface area contributed by atoms with Crippen LogP contribution >= 0.6 is 0 Å². The lowest BCUT2D eigenvalue weighted by Crippen LogP contribution is -2.21. The van der Waals surface area contributed by atoms with Gasteiger partial charge in [-0.2, -0.15) is 0 Å². The van der Waals surface area contributed by atoms with E-state index in [4.69, 9.17) is 9.47 Å². The molecular weight excluding hydrogens is 414 g/mol. The lowest BCUT2D eigenvalue weighted by atomic mass is 9.98. The van der Waals surface area contributed by atoms with Crippen molar-refractivity contribution in [1.82, 2.24) is 4.57 Å². The molecule has 0 N–H and O–H groups in total. The zero-order chi connectivity index (χ0) is 23.1. The van der Waals surface area contributed by atoms with Gasteiger partial charge in [-0.05, 0) is 49.6 Å². The number of hydrogen-bond donors (Lipinski definition) is 0. The van der Waals surface area contributed by atoms with Crippen LogP contribution in [0.25, 0.3) is 10.9 Å². The molecule has 1 aliphatic heterocycles. The third-order valence-corrected chi connectivity index (χ3v) is 6.23. The van der Waals surface area contributed by atoms with E-state index in [1.165, 1.54) is 5.56 Å². The molecule has 0 saturated carbocycles. The second-order valence-corrected chi connectivity index (χ2v) is 8.63. The molecule has 166 valence electrons. The Bertz CT molecular complexity index is 1450. The first-order valence-electron chi connectivity index (χ1n) is 11.0. The van der Waals surface area contributed by atoms with Gasteiger partial charge in [0.15, 0.2) is 17.3 Å². The van der Waals surface area contributed by atoms with Crippen LogP contribution in [-0.4, -0.2) is 23.6 Å². The van der Waals surface area contributed by atoms with Gasteiger partial charge in [0.05, 0.1) is 16.5 Å². The summed E-state index contributed by atoms with van der Waals surface area (Å²) in [6, 6.07) is 17.3. The van der Waals surface area contributed by atoms with Crippen molar-refractivity contribution in [1.29, 1.82) is 0 Å². The molecule has 4 aromatic rings. The summed E-state index contributed by atoms with van der Waals surface area (Å²) in [5.41, 5.74) is 5.43. The topological polar surface area (TPSA) is 57.5 Å². The zero-order valence-corrected chi connectivity index (χ0v) is 19.0. The number of hydrogen-bond acceptors (Lipinski definition) is 4. The summed E-state index contributed by atoms with van der Waals surface area (Å²) in [4.78, 5) is 26.9. The van der Waals surface area contributed by atoms with Gasteiger partial charge in [-0.1, -0.05) is 42.0 Å². The minimum absolute atomic E-state index is 0.148. The molecule has 3 aromatic carbocycles. The molecule has 5 heteroatoms. The van der Waals surface area contributed by atoms with E-state index < -0.39 is 0 Å². The average molecular weight is 440 g/mol. The highest BCUT2D eigenvalue weighted by Gasteiger charge is 2.21. The highest BCUT2D eigenvalue weighted by atomic mass is 16.6. The summed E-state index contributed by atoms with van der Waals surface area (Å²) < 4.78 is 13.4. The predicted molar refractivity (Wildman–Crippen MR) is 129 cm³/mol. The largest absolute Gasteiger partial charge is 0.486 e. The van der Waals surface area contributed by atoms with Crippen molar-refractivity contribution >= 4 is 16.7 Å². The quantitative estimate of drug-likeness (QED) is 0.421. The van der Waals surface area contributed by atoms with Crippen LogP contribution in [-0.2, 0) is 6.54 Å². The van der Waals surface area contributed by atoms with Gasteiger partial charge in [-0.3, -0.25) is 9.59 Å². The number of ether oxygens (including phenoxy) is 2. The minimum Gasteiger partial charge on any atom is -0.486 e. The highest BCUT2D eigenvalue weighted by Crippen LogP contribution is 2.34. The maximum Gasteiger partial charge on any atom is 0.200 e. The lowest BCUT2D eigenvalue weighted by molar-refractivity contribution is 0.103. The van der Waals surface area contributed by atoms with Crippen molar-refractivity contribution in [3.8, 4) is 11.5 Å². The average Bonchev–Trinajstić information content (AvgIpc) is 2.82. The molecule has 33 heavy (non-hydrogen) atoms. The number of carbonyl (C=O) groups is 1. The number of pyridine rings is 1. The third-order valence-electron chi connectivity index (χ3n) is 6.23. The van der Waals surface area contributed by atoms with Crippen LogP contribution in [0.4, 0.5) is 0 Å². The maximum atomic E-state index is 13.5. The number of fused-ring (bicyclic) bond motifs is 2. The van der Waals surface area contributed by atoms with Gasteiger partial charge < -0.3 is 14.0 Å². The molecule has 0 bridgehead atoms. The van der Waals surface area contributed by atoms with Gasteiger partial charge in [-0.25, -0.2) is 0 Å². The molecule has 0 saturated heterocycles. The molecular formula is C28H25NO4. The van der Waals surface area contributed by atoms with Crippen LogP contribution < -0.4 is 14.9 Å². The van der Waals surface area contributed by atoms with Crippen molar-refractivity contribution in [3.05, 3.63) is 104 Å². The van der Waals surface area contributed by atoms with Crippen LogP contribution in [0, 0.1) is 20.8 Å². The number of nitrogens with zero attached hydrogens (tertiary/aromatic N) is 1. The van der Waals surface area contributed by atoms with Gasteiger partial charge in [0.25, 0.3) is 0 Å². The second kappa shape index (κ2) is 8.24. The molecule has 1 aliphatic rings. The fourth-order valence-electron chi connectivity index (χ4n) is 4.15. The van der Waals surface area contributed by atoms with Crippen molar-refractivity contribution in [2.75, 3.05) is 13.2 Å². The number of aryl methyl sites for hydroxylation is 3. The predicted octanol–water partition coefficient (Wildman–Crippen LogP) is 4.98. The van der Waals surface area contributed by atoms with Crippen LogP contribution in [0.2, 0.25) is 0 Å². The molecule has 0 aliphatic carbocycles. The molecule has 0 unspecified atom stereocenters. The Hall–Kier alpha value is -3.86. The van der Waals surface area contributed by atoms with E-state index in [2.05, 4.69) is 24.3 Å². The Labute approximate surface area is 192 Å². The first kappa shape index (κ1) is 21.0. The summed E-state index contributed by atoms with van der Waals surface area (Å²) in [7, 11) is 0. The van der Waals surface area contributed by atoms with Crippen LogP contribution in [0.15, 0.2) is 65.6 Å². The summed E-state index contributed by atoms with van der Waals surface area (Å²) >= 11 is 0. The van der Waals surface area contributed by atoms with E-state index in [0.717, 1.165) is 16.7 Å². The van der Waals surface area contributed by atoms with E-state index >= 15 is 0 Å². The minimum atomic E-state index is -0.301. The SMILES string of the molecule is Cc1ccc(Cn2cc(C(=O)c3ccc(C)c(C)c3)c(=O)c3cc4c(cc32)OCCO4)cc1. The van der Waals surface area contributed by atoms with E-state index in [9.17, 15) is 9.59 Å². The first-order chi connectivity index (χ1) is 15.9. The maximum absolute atomic E-state index is 13.5. The van der Waals surface area contributed by atoms with Crippen molar-refractivity contribution < 1.29 is 14.3 Å². The molecule has 0 fully saturated rings. The first-order valence-corrected chi connectivity index (χ1v) is 11.0. The number of ketones is 1. The Morgan fingerprint density at radius 3 is 2.27 bits per heavy atom. The summed E-state index contributed by atoms with van der Waals surface area (Å²) in [5.74, 6) is 0.861. The molecule has 0 radical (unpaired) electrons. The summed E-state index contributed by atoms with van der Waals surface area (Å²) in [6.07, 6.45) is 1.68. The Kier molecular flexibility index (Phi) is 5.25. The second-order valence-electron chi connectivity index (χ2n) is 8.63. The number of rotatable bonds is 4. The lowest BCUT2D eigenvalue weighted by Gasteiger charge is -2.21. The van der Waals surface area contributed by atoms with Crippen molar-refractivity contribution in [3.63, 3.8) is 0 Å². The number of aromatic nitrogens is 1. The van der Waals surface area contributed by atoms with Crippen LogP contribution in [0.1, 0.15) is 38.2 Å². The molecule has 0 spiro atoms. The van der Waals surface area contributed by atoms with Gasteiger partial charge in [0, 0.05) is 24.4 Å². The normalized spacial score (nSPS) is 12.7. The van der Waals surface area contributed by atoms with Crippen molar-refractivity contribution in [2.45, 2.75) is 27.3 Å². The van der Waals surface area contributed by atoms with Crippen LogP contribution in [0.3, 0.4) is 0 Å². The molecule has 5 nitrogen and oxygen atoms in total. The molecule has 0 amide bonds. The van der Waals surface area contributed by atoms with Gasteiger partial charge >= 0.3 is 0 Å². The van der Waals surface area contributed by atoms with Crippen molar-refractivity contribution in [2.24, 2.45) is 0 Å². The Morgan fingerprint density at radius 2 is 1.58 bits per heavy atom. The van der Waals surface area contributed by atoms with Gasteiger partial charge in [0.1, 0.15) is 13.2 Å². The smallest absolute Gasteiger partial charge is 0.200 e. The molecule has 5 rings (SSSR count). The van der Waals surface area contributed by atoms with E-state index in [0.29, 0.717) is 47.7 Å². The molecule has 0 atom stereocenters.